The molecule has 1 saturated carbocycles. The first kappa shape index (κ1) is 17.0. The molecular formula is C12H18N2O6S2. The Hall–Kier alpha value is -1.39. The first-order valence-corrected chi connectivity index (χ1v) is 9.43. The number of hydrogen-bond acceptors (Lipinski definition) is 6. The van der Waals surface area contributed by atoms with E-state index in [1.165, 1.54) is 27.9 Å². The van der Waals surface area contributed by atoms with Gasteiger partial charge in [-0.1, -0.05) is 0 Å². The molecule has 1 heterocycles. The van der Waals surface area contributed by atoms with E-state index >= 15 is 0 Å². The number of hydrogen-bond donors (Lipinski definition) is 1. The van der Waals surface area contributed by atoms with Crippen molar-refractivity contribution in [3.8, 4) is 0 Å². The van der Waals surface area contributed by atoms with Crippen molar-refractivity contribution >= 4 is 26.0 Å². The molecule has 1 aromatic rings. The topological polar surface area (TPSA) is 114 Å². The molecule has 2 rings (SSSR count). The summed E-state index contributed by atoms with van der Waals surface area (Å²) in [5.41, 5.74) is 0. The van der Waals surface area contributed by atoms with Crippen LogP contribution in [0.25, 0.3) is 0 Å². The standard InChI is InChI=1S/C12H18N2O6S2/c1-8-10(21(16,17)14(3)4)7-9(20-8)11(15)13-22(18,19)12(2)5-6-12/h7H,5-6H2,1-4H3,(H,13,15). The maximum absolute atomic E-state index is 12.1. The number of sulfonamides is 2. The molecule has 10 heteroatoms. The molecule has 22 heavy (non-hydrogen) atoms. The lowest BCUT2D eigenvalue weighted by atomic mass is 10.4. The summed E-state index contributed by atoms with van der Waals surface area (Å²) in [6.07, 6.45) is 0.958. The number of amides is 1. The third-order valence-corrected chi connectivity index (χ3v) is 7.77. The van der Waals surface area contributed by atoms with Gasteiger partial charge < -0.3 is 4.42 Å². The predicted molar refractivity (Wildman–Crippen MR) is 78.3 cm³/mol. The molecular weight excluding hydrogens is 332 g/mol. The maximum atomic E-state index is 12.1. The zero-order chi connectivity index (χ0) is 16.9. The van der Waals surface area contributed by atoms with Gasteiger partial charge in [0.15, 0.2) is 5.76 Å². The molecule has 1 fully saturated rings. The Morgan fingerprint density at radius 3 is 2.27 bits per heavy atom. The quantitative estimate of drug-likeness (QED) is 0.825. The second-order valence-corrected chi connectivity index (χ2v) is 10.0. The Labute approximate surface area is 129 Å². The Kier molecular flexibility index (Phi) is 3.91. The SMILES string of the molecule is Cc1oc(C(=O)NS(=O)(=O)C2(C)CC2)cc1S(=O)(=O)N(C)C. The molecule has 1 aliphatic rings. The van der Waals surface area contributed by atoms with E-state index in [1.54, 1.807) is 0 Å². The van der Waals surface area contributed by atoms with Crippen LogP contribution in [0.1, 0.15) is 36.1 Å². The number of rotatable bonds is 5. The monoisotopic (exact) mass is 350 g/mol. The van der Waals surface area contributed by atoms with Crippen LogP contribution in [-0.4, -0.2) is 45.9 Å². The average molecular weight is 350 g/mol. The van der Waals surface area contributed by atoms with Gasteiger partial charge in [-0.25, -0.2) is 25.9 Å². The molecule has 0 aliphatic heterocycles. The van der Waals surface area contributed by atoms with Gasteiger partial charge in [0.2, 0.25) is 20.0 Å². The fourth-order valence-electron chi connectivity index (χ4n) is 1.77. The molecule has 0 aromatic carbocycles. The molecule has 0 spiro atoms. The molecule has 8 nitrogen and oxygen atoms in total. The first-order valence-electron chi connectivity index (χ1n) is 6.50. The van der Waals surface area contributed by atoms with Crippen LogP contribution in [0.3, 0.4) is 0 Å². The molecule has 0 unspecified atom stereocenters. The predicted octanol–water partition coefficient (Wildman–Crippen LogP) is 0.450. The maximum Gasteiger partial charge on any atom is 0.300 e. The molecule has 0 radical (unpaired) electrons. The molecule has 124 valence electrons. The summed E-state index contributed by atoms with van der Waals surface area (Å²) in [5.74, 6) is -1.31. The molecule has 1 amide bonds. The van der Waals surface area contributed by atoms with E-state index in [-0.39, 0.29) is 16.4 Å². The van der Waals surface area contributed by atoms with E-state index in [4.69, 9.17) is 4.42 Å². The van der Waals surface area contributed by atoms with Crippen LogP contribution < -0.4 is 4.72 Å². The summed E-state index contributed by atoms with van der Waals surface area (Å²) in [6.45, 7) is 2.93. The highest BCUT2D eigenvalue weighted by Crippen LogP contribution is 2.42. The number of nitrogens with zero attached hydrogens (tertiary/aromatic N) is 1. The summed E-state index contributed by atoms with van der Waals surface area (Å²) >= 11 is 0. The minimum atomic E-state index is -3.81. The zero-order valence-electron chi connectivity index (χ0n) is 12.7. The van der Waals surface area contributed by atoms with Gasteiger partial charge in [-0.3, -0.25) is 4.79 Å². The summed E-state index contributed by atoms with van der Waals surface area (Å²) in [4.78, 5) is 11.8. The van der Waals surface area contributed by atoms with E-state index in [9.17, 15) is 21.6 Å². The lowest BCUT2D eigenvalue weighted by molar-refractivity contribution is 0.0952. The van der Waals surface area contributed by atoms with Crippen LogP contribution in [0.2, 0.25) is 0 Å². The fourth-order valence-corrected chi connectivity index (χ4v) is 4.06. The van der Waals surface area contributed by atoms with Crippen molar-refractivity contribution in [3.63, 3.8) is 0 Å². The van der Waals surface area contributed by atoms with Gasteiger partial charge in [0.1, 0.15) is 10.7 Å². The van der Waals surface area contributed by atoms with Crippen LogP contribution >= 0.6 is 0 Å². The number of carbonyl (C=O) groups excluding carboxylic acids is 1. The third kappa shape index (κ3) is 2.77. The summed E-state index contributed by atoms with van der Waals surface area (Å²) in [7, 11) is -4.88. The van der Waals surface area contributed by atoms with Crippen LogP contribution in [-0.2, 0) is 20.0 Å². The van der Waals surface area contributed by atoms with E-state index in [0.717, 1.165) is 10.4 Å². The van der Waals surface area contributed by atoms with Crippen molar-refractivity contribution in [3.05, 3.63) is 17.6 Å². The Bertz CT molecular complexity index is 816. The minimum Gasteiger partial charge on any atom is -0.455 e. The van der Waals surface area contributed by atoms with Gasteiger partial charge in [-0.2, -0.15) is 0 Å². The molecule has 1 N–H and O–H groups in total. The minimum absolute atomic E-state index is 0.0221. The van der Waals surface area contributed by atoms with Gasteiger partial charge >= 0.3 is 0 Å². The van der Waals surface area contributed by atoms with Gasteiger partial charge in [0, 0.05) is 20.2 Å². The third-order valence-electron chi connectivity index (χ3n) is 3.68. The van der Waals surface area contributed by atoms with Crippen LogP contribution in [0.4, 0.5) is 0 Å². The van der Waals surface area contributed by atoms with Gasteiger partial charge in [-0.05, 0) is 26.7 Å². The van der Waals surface area contributed by atoms with Crippen molar-refractivity contribution in [2.24, 2.45) is 0 Å². The van der Waals surface area contributed by atoms with Crippen molar-refractivity contribution in [2.45, 2.75) is 36.3 Å². The Morgan fingerprint density at radius 2 is 1.82 bits per heavy atom. The molecule has 0 bridgehead atoms. The number of nitrogens with one attached hydrogen (secondary N) is 1. The second kappa shape index (κ2) is 5.07. The van der Waals surface area contributed by atoms with E-state index in [2.05, 4.69) is 0 Å². The normalized spacial score (nSPS) is 17.5. The van der Waals surface area contributed by atoms with Crippen LogP contribution in [0.5, 0.6) is 0 Å². The zero-order valence-corrected chi connectivity index (χ0v) is 14.3. The largest absolute Gasteiger partial charge is 0.455 e. The van der Waals surface area contributed by atoms with Crippen LogP contribution in [0.15, 0.2) is 15.4 Å². The Balaban J connectivity index is 2.30. The second-order valence-electron chi connectivity index (χ2n) is 5.70. The number of furan rings is 1. The lowest BCUT2D eigenvalue weighted by Crippen LogP contribution is -2.38. The number of aryl methyl sites for hydroxylation is 1. The average Bonchev–Trinajstić information content (AvgIpc) is 3.00. The Morgan fingerprint density at radius 1 is 1.27 bits per heavy atom. The summed E-state index contributed by atoms with van der Waals surface area (Å²) in [6, 6.07) is 1.03. The highest BCUT2D eigenvalue weighted by atomic mass is 32.2. The molecule has 1 aliphatic carbocycles. The highest BCUT2D eigenvalue weighted by molar-refractivity contribution is 7.91. The fraction of sp³-hybridized carbons (Fsp3) is 0.583. The van der Waals surface area contributed by atoms with E-state index < -0.39 is 30.7 Å². The summed E-state index contributed by atoms with van der Waals surface area (Å²) in [5, 5.41) is 0. The molecule has 0 atom stereocenters. The van der Waals surface area contributed by atoms with Gasteiger partial charge in [-0.15, -0.1) is 0 Å². The molecule has 0 saturated heterocycles. The van der Waals surface area contributed by atoms with Gasteiger partial charge in [0.25, 0.3) is 5.91 Å². The summed E-state index contributed by atoms with van der Waals surface area (Å²) < 4.78 is 55.2. The van der Waals surface area contributed by atoms with Gasteiger partial charge in [0.05, 0.1) is 4.75 Å². The highest BCUT2D eigenvalue weighted by Gasteiger charge is 2.51. The van der Waals surface area contributed by atoms with Crippen LogP contribution in [0, 0.1) is 6.92 Å². The van der Waals surface area contributed by atoms with E-state index in [0.29, 0.717) is 12.8 Å². The van der Waals surface area contributed by atoms with E-state index in [1.807, 2.05) is 4.72 Å². The lowest BCUT2D eigenvalue weighted by Gasteiger charge is -2.10. The van der Waals surface area contributed by atoms with Crippen molar-refractivity contribution in [1.82, 2.24) is 9.03 Å². The van der Waals surface area contributed by atoms with Crippen molar-refractivity contribution in [2.75, 3.05) is 14.1 Å². The smallest absolute Gasteiger partial charge is 0.300 e. The first-order chi connectivity index (χ1) is 9.91. The number of carbonyl (C=O) groups is 1. The van der Waals surface area contributed by atoms with Crippen molar-refractivity contribution in [1.29, 1.82) is 0 Å². The molecule has 1 aromatic heterocycles. The van der Waals surface area contributed by atoms with Crippen molar-refractivity contribution < 1.29 is 26.0 Å².